The van der Waals surface area contributed by atoms with Crippen molar-refractivity contribution in [2.75, 3.05) is 39.1 Å². The molecule has 10 nitrogen and oxygen atoms in total. The summed E-state index contributed by atoms with van der Waals surface area (Å²) < 4.78 is 21.0. The van der Waals surface area contributed by atoms with Gasteiger partial charge in [0.25, 0.3) is 5.69 Å². The van der Waals surface area contributed by atoms with Gasteiger partial charge in [-0.1, -0.05) is 0 Å². The summed E-state index contributed by atoms with van der Waals surface area (Å²) in [4.78, 5) is 23.1. The second kappa shape index (κ2) is 9.49. The lowest BCUT2D eigenvalue weighted by Crippen LogP contribution is -2.32. The Morgan fingerprint density at radius 2 is 1.55 bits per heavy atom. The molecule has 0 aliphatic carbocycles. The zero-order chi connectivity index (χ0) is 21.6. The van der Waals surface area contributed by atoms with E-state index in [0.29, 0.717) is 28.7 Å². The van der Waals surface area contributed by atoms with Gasteiger partial charge in [0.1, 0.15) is 11.8 Å². The number of methoxy groups -OCH3 is 4. The Bertz CT molecular complexity index is 876. The number of ether oxygens (including phenoxy) is 4. The first-order valence-corrected chi connectivity index (χ1v) is 8.54. The van der Waals surface area contributed by atoms with Gasteiger partial charge in [0.2, 0.25) is 11.7 Å². The summed E-state index contributed by atoms with van der Waals surface area (Å²) in [6.45, 7) is 1.64. The lowest BCUT2D eigenvalue weighted by atomic mass is 10.2. The molecule has 2 rings (SSSR count). The van der Waals surface area contributed by atoms with E-state index in [1.807, 2.05) is 0 Å². The van der Waals surface area contributed by atoms with Crippen molar-refractivity contribution in [3.63, 3.8) is 0 Å². The van der Waals surface area contributed by atoms with Gasteiger partial charge in [-0.2, -0.15) is 0 Å². The fourth-order valence-electron chi connectivity index (χ4n) is 2.63. The van der Waals surface area contributed by atoms with Crippen molar-refractivity contribution in [3.05, 3.63) is 40.4 Å². The van der Waals surface area contributed by atoms with E-state index in [4.69, 9.17) is 18.9 Å². The molecule has 0 saturated carbocycles. The maximum atomic E-state index is 12.6. The summed E-state index contributed by atoms with van der Waals surface area (Å²) >= 11 is 0. The number of nitro groups is 1. The summed E-state index contributed by atoms with van der Waals surface area (Å²) in [5, 5.41) is 16.7. The van der Waals surface area contributed by atoms with Gasteiger partial charge in [0, 0.05) is 30.0 Å². The van der Waals surface area contributed by atoms with E-state index in [0.717, 1.165) is 0 Å². The van der Waals surface area contributed by atoms with Crippen LogP contribution >= 0.6 is 0 Å². The number of non-ortho nitro benzene ring substituents is 1. The number of carbonyl (C=O) groups excluding carboxylic acids is 1. The molecule has 0 aliphatic rings. The van der Waals surface area contributed by atoms with Crippen LogP contribution in [0.5, 0.6) is 23.0 Å². The van der Waals surface area contributed by atoms with E-state index < -0.39 is 16.9 Å². The van der Waals surface area contributed by atoms with Crippen LogP contribution in [0.15, 0.2) is 30.3 Å². The first kappa shape index (κ1) is 21.6. The van der Waals surface area contributed by atoms with Crippen LogP contribution in [-0.4, -0.2) is 45.3 Å². The van der Waals surface area contributed by atoms with Gasteiger partial charge in [-0.3, -0.25) is 14.9 Å². The molecule has 2 N–H and O–H groups in total. The van der Waals surface area contributed by atoms with Crippen molar-refractivity contribution in [3.8, 4) is 23.0 Å². The number of hydrogen-bond acceptors (Lipinski definition) is 8. The third kappa shape index (κ3) is 4.98. The van der Waals surface area contributed by atoms with Gasteiger partial charge in [0.15, 0.2) is 11.5 Å². The number of nitrogens with one attached hydrogen (secondary N) is 2. The average molecular weight is 405 g/mol. The van der Waals surface area contributed by atoms with Crippen molar-refractivity contribution in [1.29, 1.82) is 0 Å². The fraction of sp³-hybridized carbons (Fsp3) is 0.316. The summed E-state index contributed by atoms with van der Waals surface area (Å²) in [6.07, 6.45) is 0. The van der Waals surface area contributed by atoms with E-state index >= 15 is 0 Å². The van der Waals surface area contributed by atoms with E-state index in [-0.39, 0.29) is 11.4 Å². The predicted molar refractivity (Wildman–Crippen MR) is 107 cm³/mol. The molecule has 0 aliphatic heterocycles. The van der Waals surface area contributed by atoms with Gasteiger partial charge in [-0.15, -0.1) is 0 Å². The fourth-order valence-corrected chi connectivity index (χ4v) is 2.63. The summed E-state index contributed by atoms with van der Waals surface area (Å²) in [7, 11) is 5.89. The zero-order valence-corrected chi connectivity index (χ0v) is 16.8. The largest absolute Gasteiger partial charge is 0.495 e. The molecular weight excluding hydrogens is 382 g/mol. The first-order chi connectivity index (χ1) is 13.8. The van der Waals surface area contributed by atoms with Gasteiger partial charge >= 0.3 is 0 Å². The number of benzene rings is 2. The minimum Gasteiger partial charge on any atom is -0.495 e. The first-order valence-electron chi connectivity index (χ1n) is 8.54. The number of nitro benzene ring substituents is 1. The second-order valence-electron chi connectivity index (χ2n) is 5.91. The molecule has 0 fully saturated rings. The minimum atomic E-state index is -0.693. The molecule has 0 aromatic heterocycles. The highest BCUT2D eigenvalue weighted by Gasteiger charge is 2.19. The molecule has 0 unspecified atom stereocenters. The summed E-state index contributed by atoms with van der Waals surface area (Å²) in [5.41, 5.74) is 0.602. The van der Waals surface area contributed by atoms with Gasteiger partial charge in [-0.25, -0.2) is 0 Å². The van der Waals surface area contributed by atoms with Crippen molar-refractivity contribution in [1.82, 2.24) is 0 Å². The molecule has 0 heterocycles. The van der Waals surface area contributed by atoms with Gasteiger partial charge in [-0.05, 0) is 13.0 Å². The number of amides is 1. The normalized spacial score (nSPS) is 11.2. The topological polar surface area (TPSA) is 121 Å². The Morgan fingerprint density at radius 1 is 0.966 bits per heavy atom. The molecule has 0 spiro atoms. The average Bonchev–Trinajstić information content (AvgIpc) is 2.72. The Kier molecular flexibility index (Phi) is 7.07. The van der Waals surface area contributed by atoms with Crippen molar-refractivity contribution in [2.24, 2.45) is 0 Å². The number of hydrogen-bond donors (Lipinski definition) is 2. The van der Waals surface area contributed by atoms with Crippen molar-refractivity contribution < 1.29 is 28.7 Å². The quantitative estimate of drug-likeness (QED) is 0.482. The van der Waals surface area contributed by atoms with E-state index in [1.54, 1.807) is 19.1 Å². The number of carbonyl (C=O) groups is 1. The summed E-state index contributed by atoms with van der Waals surface area (Å²) in [5.74, 6) is 1.19. The molecule has 0 bridgehead atoms. The van der Waals surface area contributed by atoms with Crippen LogP contribution in [0.1, 0.15) is 6.92 Å². The second-order valence-corrected chi connectivity index (χ2v) is 5.91. The lowest BCUT2D eigenvalue weighted by molar-refractivity contribution is -0.384. The molecule has 1 atom stereocenters. The zero-order valence-electron chi connectivity index (χ0n) is 16.8. The standard InChI is InChI=1S/C19H23N3O7/c1-11(20-12-8-16(27-3)18(29-5)17(9-12)28-4)19(23)21-14-10-13(22(24)25)6-7-15(14)26-2/h6-11,20H,1-5H3,(H,21,23)/t11-/m1/s1. The maximum absolute atomic E-state index is 12.6. The van der Waals surface area contributed by atoms with Crippen LogP contribution in [0, 0.1) is 10.1 Å². The van der Waals surface area contributed by atoms with Gasteiger partial charge < -0.3 is 29.6 Å². The minimum absolute atomic E-state index is 0.161. The highest BCUT2D eigenvalue weighted by molar-refractivity contribution is 5.97. The van der Waals surface area contributed by atoms with Crippen LogP contribution in [0.2, 0.25) is 0 Å². The number of anilines is 2. The molecule has 2 aromatic carbocycles. The van der Waals surface area contributed by atoms with Crippen molar-refractivity contribution in [2.45, 2.75) is 13.0 Å². The highest BCUT2D eigenvalue weighted by Crippen LogP contribution is 2.40. The molecule has 2 aromatic rings. The third-order valence-corrected chi connectivity index (χ3v) is 4.09. The molecule has 29 heavy (non-hydrogen) atoms. The monoisotopic (exact) mass is 405 g/mol. The van der Waals surface area contributed by atoms with Crippen LogP contribution in [0.3, 0.4) is 0 Å². The van der Waals surface area contributed by atoms with Gasteiger partial charge in [0.05, 0.1) is 39.0 Å². The Morgan fingerprint density at radius 3 is 2.03 bits per heavy atom. The Labute approximate surface area is 167 Å². The summed E-state index contributed by atoms with van der Waals surface area (Å²) in [6, 6.07) is 6.60. The SMILES string of the molecule is COc1ccc([N+](=O)[O-])cc1NC(=O)[C@@H](C)Nc1cc(OC)c(OC)c(OC)c1. The Balaban J connectivity index is 2.22. The molecule has 1 amide bonds. The molecule has 10 heteroatoms. The molecule has 0 saturated heterocycles. The van der Waals surface area contributed by atoms with Crippen LogP contribution in [0.25, 0.3) is 0 Å². The maximum Gasteiger partial charge on any atom is 0.271 e. The molecular formula is C19H23N3O7. The lowest BCUT2D eigenvalue weighted by Gasteiger charge is -2.19. The van der Waals surface area contributed by atoms with Crippen molar-refractivity contribution >= 4 is 23.0 Å². The third-order valence-electron chi connectivity index (χ3n) is 4.09. The highest BCUT2D eigenvalue weighted by atomic mass is 16.6. The van der Waals surface area contributed by atoms with Crippen LogP contribution < -0.4 is 29.6 Å². The van der Waals surface area contributed by atoms with E-state index in [2.05, 4.69) is 10.6 Å². The predicted octanol–water partition coefficient (Wildman–Crippen LogP) is 3.07. The molecule has 0 radical (unpaired) electrons. The number of rotatable bonds is 9. The van der Waals surface area contributed by atoms with E-state index in [1.165, 1.54) is 46.6 Å². The Hall–Kier alpha value is -3.69. The number of nitrogens with zero attached hydrogens (tertiary/aromatic N) is 1. The smallest absolute Gasteiger partial charge is 0.271 e. The van der Waals surface area contributed by atoms with Crippen LogP contribution in [0.4, 0.5) is 17.1 Å². The van der Waals surface area contributed by atoms with Crippen LogP contribution in [-0.2, 0) is 4.79 Å². The van der Waals surface area contributed by atoms with E-state index in [9.17, 15) is 14.9 Å². The molecule has 156 valence electrons.